The second-order valence-electron chi connectivity index (χ2n) is 5.24. The Bertz CT molecular complexity index is 280. The maximum Gasteiger partial charge on any atom is 0.401 e. The first-order chi connectivity index (χ1) is 8.53. The summed E-state index contributed by atoms with van der Waals surface area (Å²) < 4.78 is 37.2. The van der Waals surface area contributed by atoms with Crippen LogP contribution in [0.3, 0.4) is 0 Å². The molecule has 3 N–H and O–H groups in total. The van der Waals surface area contributed by atoms with E-state index in [-0.39, 0.29) is 25.0 Å². The van der Waals surface area contributed by atoms with Crippen LogP contribution in [0.15, 0.2) is 0 Å². The van der Waals surface area contributed by atoms with E-state index in [1.54, 1.807) is 13.8 Å². The van der Waals surface area contributed by atoms with Crippen LogP contribution in [0.1, 0.15) is 34.1 Å². The highest BCUT2D eigenvalue weighted by Gasteiger charge is 2.32. The van der Waals surface area contributed by atoms with Crippen molar-refractivity contribution in [1.29, 1.82) is 0 Å². The summed E-state index contributed by atoms with van der Waals surface area (Å²) in [6.45, 7) is 6.29. The first-order valence-electron chi connectivity index (χ1n) is 6.39. The van der Waals surface area contributed by atoms with E-state index in [0.29, 0.717) is 0 Å². The van der Waals surface area contributed by atoms with Gasteiger partial charge in [0.25, 0.3) is 0 Å². The number of alkyl halides is 3. The topological polar surface area (TPSA) is 58.4 Å². The van der Waals surface area contributed by atoms with E-state index in [2.05, 4.69) is 5.32 Å². The average Bonchev–Trinajstić information content (AvgIpc) is 2.19. The van der Waals surface area contributed by atoms with Gasteiger partial charge in [0, 0.05) is 18.6 Å². The summed E-state index contributed by atoms with van der Waals surface area (Å²) in [7, 11) is 0. The second-order valence-corrected chi connectivity index (χ2v) is 5.24. The van der Waals surface area contributed by atoms with Crippen molar-refractivity contribution in [3.05, 3.63) is 0 Å². The van der Waals surface area contributed by atoms with Crippen LogP contribution in [-0.4, -0.2) is 48.2 Å². The molecule has 0 aromatic rings. The van der Waals surface area contributed by atoms with Gasteiger partial charge in [-0.3, -0.25) is 9.69 Å². The van der Waals surface area contributed by atoms with Crippen molar-refractivity contribution in [2.45, 2.75) is 58.4 Å². The highest BCUT2D eigenvalue weighted by atomic mass is 19.4. The lowest BCUT2D eigenvalue weighted by molar-refractivity contribution is -0.149. The zero-order chi connectivity index (χ0) is 15.2. The van der Waals surface area contributed by atoms with Crippen LogP contribution < -0.4 is 11.1 Å². The van der Waals surface area contributed by atoms with Crippen LogP contribution in [0.4, 0.5) is 13.2 Å². The van der Waals surface area contributed by atoms with Gasteiger partial charge in [0.05, 0.1) is 12.6 Å². The van der Waals surface area contributed by atoms with E-state index < -0.39 is 24.7 Å². The van der Waals surface area contributed by atoms with E-state index in [1.807, 2.05) is 13.8 Å². The molecule has 0 radical (unpaired) electrons. The Morgan fingerprint density at radius 1 is 1.26 bits per heavy atom. The summed E-state index contributed by atoms with van der Waals surface area (Å²) >= 11 is 0. The van der Waals surface area contributed by atoms with Crippen LogP contribution in [0.5, 0.6) is 0 Å². The second kappa shape index (κ2) is 7.69. The SMILES string of the molecule is CC(C)NC(CCN(CC(F)(F)F)C(C)C)C(N)=O. The summed E-state index contributed by atoms with van der Waals surface area (Å²) in [5.41, 5.74) is 5.23. The molecule has 19 heavy (non-hydrogen) atoms. The van der Waals surface area contributed by atoms with Crippen LogP contribution in [0.25, 0.3) is 0 Å². The molecule has 1 unspecified atom stereocenters. The smallest absolute Gasteiger partial charge is 0.368 e. The molecule has 0 bridgehead atoms. The van der Waals surface area contributed by atoms with Crippen LogP contribution in [0.2, 0.25) is 0 Å². The highest BCUT2D eigenvalue weighted by molar-refractivity contribution is 5.79. The minimum absolute atomic E-state index is 0.0487. The van der Waals surface area contributed by atoms with E-state index in [4.69, 9.17) is 5.73 Å². The molecule has 0 aromatic heterocycles. The summed E-state index contributed by atoms with van der Waals surface area (Å²) in [5, 5.41) is 2.95. The van der Waals surface area contributed by atoms with Gasteiger partial charge in [0.1, 0.15) is 0 Å². The molecule has 0 aliphatic heterocycles. The Labute approximate surface area is 112 Å². The number of nitrogens with two attached hydrogens (primary N) is 1. The summed E-state index contributed by atoms with van der Waals surface area (Å²) in [6.07, 6.45) is -3.97. The fourth-order valence-electron chi connectivity index (χ4n) is 1.76. The summed E-state index contributed by atoms with van der Waals surface area (Å²) in [5.74, 6) is -0.538. The van der Waals surface area contributed by atoms with Crippen molar-refractivity contribution in [3.63, 3.8) is 0 Å². The van der Waals surface area contributed by atoms with Gasteiger partial charge in [-0.1, -0.05) is 13.8 Å². The number of rotatable bonds is 8. The first-order valence-corrected chi connectivity index (χ1v) is 6.39. The molecule has 0 heterocycles. The van der Waals surface area contributed by atoms with Crippen LogP contribution in [0, 0.1) is 0 Å². The zero-order valence-electron chi connectivity index (χ0n) is 11.9. The zero-order valence-corrected chi connectivity index (χ0v) is 11.9. The number of halogens is 3. The lowest BCUT2D eigenvalue weighted by atomic mass is 10.1. The van der Waals surface area contributed by atoms with Gasteiger partial charge in [-0.25, -0.2) is 0 Å². The van der Waals surface area contributed by atoms with E-state index in [0.717, 1.165) is 0 Å². The molecule has 0 aliphatic carbocycles. The number of hydrogen-bond donors (Lipinski definition) is 2. The fraction of sp³-hybridized carbons (Fsp3) is 0.917. The molecular formula is C12H24F3N3O. The molecular weight excluding hydrogens is 259 g/mol. The summed E-state index contributed by atoms with van der Waals surface area (Å²) in [4.78, 5) is 12.5. The number of amides is 1. The largest absolute Gasteiger partial charge is 0.401 e. The highest BCUT2D eigenvalue weighted by Crippen LogP contribution is 2.18. The summed E-state index contributed by atoms with van der Waals surface area (Å²) in [6, 6.07) is -0.795. The minimum atomic E-state index is -4.24. The molecule has 0 rings (SSSR count). The molecule has 0 fully saturated rings. The van der Waals surface area contributed by atoms with E-state index >= 15 is 0 Å². The molecule has 1 atom stereocenters. The Hall–Kier alpha value is -0.820. The molecule has 114 valence electrons. The Morgan fingerprint density at radius 2 is 1.79 bits per heavy atom. The maximum atomic E-state index is 12.4. The molecule has 0 aromatic carbocycles. The van der Waals surface area contributed by atoms with Gasteiger partial charge in [-0.15, -0.1) is 0 Å². The molecule has 0 saturated carbocycles. The Kier molecular flexibility index (Phi) is 7.36. The van der Waals surface area contributed by atoms with Gasteiger partial charge < -0.3 is 11.1 Å². The quantitative estimate of drug-likeness (QED) is 0.710. The van der Waals surface area contributed by atoms with Crippen molar-refractivity contribution in [2.24, 2.45) is 5.73 Å². The van der Waals surface area contributed by atoms with Crippen molar-refractivity contribution in [1.82, 2.24) is 10.2 Å². The molecule has 0 spiro atoms. The third-order valence-corrected chi connectivity index (χ3v) is 2.70. The lowest BCUT2D eigenvalue weighted by Crippen LogP contribution is -2.48. The standard InChI is InChI=1S/C12H24F3N3O/c1-8(2)17-10(11(16)19)5-6-18(9(3)4)7-12(13,14)15/h8-10,17H,5-7H2,1-4H3,(H2,16,19). The Balaban J connectivity index is 4.47. The molecule has 4 nitrogen and oxygen atoms in total. The lowest BCUT2D eigenvalue weighted by Gasteiger charge is -2.29. The fourth-order valence-corrected chi connectivity index (χ4v) is 1.76. The van der Waals surface area contributed by atoms with Gasteiger partial charge in [0.2, 0.25) is 5.91 Å². The number of carbonyl (C=O) groups excluding carboxylic acids is 1. The van der Waals surface area contributed by atoms with Crippen molar-refractivity contribution in [3.8, 4) is 0 Å². The minimum Gasteiger partial charge on any atom is -0.368 e. The number of hydrogen-bond acceptors (Lipinski definition) is 3. The van der Waals surface area contributed by atoms with Crippen LogP contribution in [-0.2, 0) is 4.79 Å². The maximum absolute atomic E-state index is 12.4. The van der Waals surface area contributed by atoms with Crippen molar-refractivity contribution in [2.75, 3.05) is 13.1 Å². The normalized spacial score (nSPS) is 14.4. The van der Waals surface area contributed by atoms with Crippen molar-refractivity contribution >= 4 is 5.91 Å². The number of primary amides is 1. The third kappa shape index (κ3) is 8.83. The molecule has 0 saturated heterocycles. The average molecular weight is 283 g/mol. The van der Waals surface area contributed by atoms with Gasteiger partial charge in [-0.2, -0.15) is 13.2 Å². The number of carbonyl (C=O) groups is 1. The molecule has 1 amide bonds. The predicted octanol–water partition coefficient (Wildman–Crippen LogP) is 1.50. The monoisotopic (exact) mass is 283 g/mol. The van der Waals surface area contributed by atoms with E-state index in [1.165, 1.54) is 4.90 Å². The van der Waals surface area contributed by atoms with E-state index in [9.17, 15) is 18.0 Å². The van der Waals surface area contributed by atoms with Crippen molar-refractivity contribution < 1.29 is 18.0 Å². The Morgan fingerprint density at radius 3 is 2.11 bits per heavy atom. The van der Waals surface area contributed by atoms with Crippen LogP contribution >= 0.6 is 0 Å². The molecule has 0 aliphatic rings. The number of nitrogens with one attached hydrogen (secondary N) is 1. The van der Waals surface area contributed by atoms with Gasteiger partial charge >= 0.3 is 6.18 Å². The van der Waals surface area contributed by atoms with Gasteiger partial charge in [0.15, 0.2) is 0 Å². The first kappa shape index (κ1) is 18.2. The number of nitrogens with zero attached hydrogens (tertiary/aromatic N) is 1. The predicted molar refractivity (Wildman–Crippen MR) is 68.6 cm³/mol. The third-order valence-electron chi connectivity index (χ3n) is 2.70. The molecule has 7 heteroatoms. The van der Waals surface area contributed by atoms with Gasteiger partial charge in [-0.05, 0) is 20.3 Å².